The van der Waals surface area contributed by atoms with Gasteiger partial charge in [-0.15, -0.1) is 14.8 Å². The van der Waals surface area contributed by atoms with Gasteiger partial charge < -0.3 is 9.64 Å². The first kappa shape index (κ1) is 13.9. The third-order valence-electron chi connectivity index (χ3n) is 4.44. The minimum absolute atomic E-state index is 0.568. The SMILES string of the molecule is COc1cccc(C2CCN(c3ccc4nnnn4n3)CC2)c1. The average Bonchev–Trinajstić information content (AvgIpc) is 3.09. The molecule has 0 amide bonds. The van der Waals surface area contributed by atoms with E-state index in [0.717, 1.165) is 37.5 Å². The Labute approximate surface area is 133 Å². The molecule has 1 aliphatic heterocycles. The second-order valence-electron chi connectivity index (χ2n) is 5.76. The van der Waals surface area contributed by atoms with E-state index in [9.17, 15) is 0 Å². The van der Waals surface area contributed by atoms with Gasteiger partial charge >= 0.3 is 0 Å². The van der Waals surface area contributed by atoms with Crippen LogP contribution >= 0.6 is 0 Å². The largest absolute Gasteiger partial charge is 0.497 e. The Morgan fingerprint density at radius 2 is 2.00 bits per heavy atom. The number of rotatable bonds is 3. The van der Waals surface area contributed by atoms with E-state index in [-0.39, 0.29) is 0 Å². The normalized spacial score (nSPS) is 16.0. The van der Waals surface area contributed by atoms with E-state index in [2.05, 4.69) is 43.7 Å². The quantitative estimate of drug-likeness (QED) is 0.736. The van der Waals surface area contributed by atoms with Crippen LogP contribution < -0.4 is 9.64 Å². The van der Waals surface area contributed by atoms with E-state index in [1.807, 2.05) is 18.2 Å². The molecule has 0 saturated carbocycles. The minimum atomic E-state index is 0.568. The van der Waals surface area contributed by atoms with Gasteiger partial charge in [0.05, 0.1) is 7.11 Å². The van der Waals surface area contributed by atoms with Crippen LogP contribution in [0.15, 0.2) is 36.4 Å². The molecule has 0 spiro atoms. The van der Waals surface area contributed by atoms with Gasteiger partial charge in [0.1, 0.15) is 5.75 Å². The second-order valence-corrected chi connectivity index (χ2v) is 5.76. The van der Waals surface area contributed by atoms with E-state index in [1.54, 1.807) is 7.11 Å². The summed E-state index contributed by atoms with van der Waals surface area (Å²) in [5, 5.41) is 15.8. The molecule has 0 aliphatic carbocycles. The highest BCUT2D eigenvalue weighted by molar-refractivity contribution is 5.45. The number of ether oxygens (including phenoxy) is 1. The molecule has 1 saturated heterocycles. The van der Waals surface area contributed by atoms with Crippen molar-refractivity contribution < 1.29 is 4.74 Å². The summed E-state index contributed by atoms with van der Waals surface area (Å²) in [7, 11) is 1.71. The van der Waals surface area contributed by atoms with Gasteiger partial charge in [0.25, 0.3) is 0 Å². The number of hydrogen-bond acceptors (Lipinski definition) is 6. The molecule has 0 radical (unpaired) electrons. The molecule has 7 nitrogen and oxygen atoms in total. The van der Waals surface area contributed by atoms with Gasteiger partial charge in [0.2, 0.25) is 0 Å². The van der Waals surface area contributed by atoms with Crippen LogP contribution in [0.5, 0.6) is 5.75 Å². The Morgan fingerprint density at radius 1 is 1.13 bits per heavy atom. The van der Waals surface area contributed by atoms with E-state index in [1.165, 1.54) is 10.2 Å². The number of benzene rings is 1. The summed E-state index contributed by atoms with van der Waals surface area (Å²) in [4.78, 5) is 2.29. The van der Waals surface area contributed by atoms with E-state index in [4.69, 9.17) is 4.74 Å². The number of anilines is 1. The molecule has 7 heteroatoms. The molecule has 3 aromatic rings. The van der Waals surface area contributed by atoms with Gasteiger partial charge in [-0.3, -0.25) is 0 Å². The Bertz CT molecular complexity index is 809. The first-order chi connectivity index (χ1) is 11.3. The maximum Gasteiger partial charge on any atom is 0.200 e. The summed E-state index contributed by atoms with van der Waals surface area (Å²) in [5.74, 6) is 2.42. The number of tetrazole rings is 1. The van der Waals surface area contributed by atoms with Crippen LogP contribution in [0.25, 0.3) is 5.65 Å². The van der Waals surface area contributed by atoms with Gasteiger partial charge in [-0.2, -0.15) is 0 Å². The van der Waals surface area contributed by atoms with Gasteiger partial charge in [0.15, 0.2) is 11.5 Å². The highest BCUT2D eigenvalue weighted by atomic mass is 16.5. The lowest BCUT2D eigenvalue weighted by molar-refractivity contribution is 0.412. The Morgan fingerprint density at radius 3 is 2.83 bits per heavy atom. The van der Waals surface area contributed by atoms with E-state index in [0.29, 0.717) is 11.6 Å². The Kier molecular flexibility index (Phi) is 3.53. The third-order valence-corrected chi connectivity index (χ3v) is 4.44. The maximum absolute atomic E-state index is 5.33. The van der Waals surface area contributed by atoms with Crippen molar-refractivity contribution >= 4 is 11.5 Å². The zero-order valence-electron chi connectivity index (χ0n) is 13.0. The van der Waals surface area contributed by atoms with Gasteiger partial charge in [-0.25, -0.2) is 0 Å². The smallest absolute Gasteiger partial charge is 0.200 e. The summed E-state index contributed by atoms with van der Waals surface area (Å²) < 4.78 is 6.80. The summed E-state index contributed by atoms with van der Waals surface area (Å²) in [6, 6.07) is 12.3. The molecule has 0 bridgehead atoms. The van der Waals surface area contributed by atoms with Crippen molar-refractivity contribution in [3.05, 3.63) is 42.0 Å². The summed E-state index contributed by atoms with van der Waals surface area (Å²) in [6.45, 7) is 1.95. The first-order valence-electron chi connectivity index (χ1n) is 7.78. The van der Waals surface area contributed by atoms with Crippen LogP contribution in [-0.2, 0) is 0 Å². The second kappa shape index (κ2) is 5.83. The number of methoxy groups -OCH3 is 1. The number of hydrogen-bond donors (Lipinski definition) is 0. The van der Waals surface area contributed by atoms with Crippen molar-refractivity contribution in [1.29, 1.82) is 0 Å². The zero-order chi connectivity index (χ0) is 15.6. The molecule has 2 aromatic heterocycles. The molecular weight excluding hydrogens is 292 g/mol. The van der Waals surface area contributed by atoms with Gasteiger partial charge in [-0.05, 0) is 59.0 Å². The Hall–Kier alpha value is -2.70. The fourth-order valence-electron chi connectivity index (χ4n) is 3.15. The van der Waals surface area contributed by atoms with Crippen LogP contribution in [0.3, 0.4) is 0 Å². The zero-order valence-corrected chi connectivity index (χ0v) is 13.0. The van der Waals surface area contributed by atoms with Gasteiger partial charge in [0, 0.05) is 13.1 Å². The summed E-state index contributed by atoms with van der Waals surface area (Å²) in [5.41, 5.74) is 2.02. The summed E-state index contributed by atoms with van der Waals surface area (Å²) >= 11 is 0. The fraction of sp³-hybridized carbons (Fsp3) is 0.375. The summed E-state index contributed by atoms with van der Waals surface area (Å²) in [6.07, 6.45) is 2.20. The van der Waals surface area contributed by atoms with Gasteiger partial charge in [-0.1, -0.05) is 12.1 Å². The van der Waals surface area contributed by atoms with E-state index >= 15 is 0 Å². The van der Waals surface area contributed by atoms with Crippen molar-refractivity contribution in [1.82, 2.24) is 25.3 Å². The molecule has 3 heterocycles. The average molecular weight is 310 g/mol. The van der Waals surface area contributed by atoms with Crippen LogP contribution in [0.1, 0.15) is 24.3 Å². The van der Waals surface area contributed by atoms with Crippen molar-refractivity contribution in [2.45, 2.75) is 18.8 Å². The lowest BCUT2D eigenvalue weighted by Crippen LogP contribution is -2.33. The lowest BCUT2D eigenvalue weighted by Gasteiger charge is -2.32. The number of piperidine rings is 1. The molecule has 23 heavy (non-hydrogen) atoms. The fourth-order valence-corrected chi connectivity index (χ4v) is 3.15. The standard InChI is InChI=1S/C16H18N6O/c1-23-14-4-2-3-13(11-14)12-7-9-21(10-8-12)16-6-5-15-17-19-20-22(15)18-16/h2-6,11-12H,7-10H2,1H3. The third kappa shape index (κ3) is 2.69. The topological polar surface area (TPSA) is 68.4 Å². The molecule has 1 fully saturated rings. The molecule has 1 aliphatic rings. The van der Waals surface area contributed by atoms with E-state index < -0.39 is 0 Å². The number of aromatic nitrogens is 5. The predicted molar refractivity (Wildman–Crippen MR) is 85.8 cm³/mol. The van der Waals surface area contributed by atoms with Crippen LogP contribution in [-0.4, -0.2) is 45.5 Å². The minimum Gasteiger partial charge on any atom is -0.497 e. The molecule has 4 rings (SSSR count). The highest BCUT2D eigenvalue weighted by Crippen LogP contribution is 2.31. The molecule has 118 valence electrons. The van der Waals surface area contributed by atoms with Crippen LogP contribution in [0.2, 0.25) is 0 Å². The molecule has 0 unspecified atom stereocenters. The molecular formula is C16H18N6O. The van der Waals surface area contributed by atoms with Crippen molar-refractivity contribution in [2.24, 2.45) is 0 Å². The lowest BCUT2D eigenvalue weighted by atomic mass is 9.89. The number of nitrogens with zero attached hydrogens (tertiary/aromatic N) is 6. The maximum atomic E-state index is 5.33. The monoisotopic (exact) mass is 310 g/mol. The molecule has 0 atom stereocenters. The Balaban J connectivity index is 1.47. The highest BCUT2D eigenvalue weighted by Gasteiger charge is 2.22. The van der Waals surface area contributed by atoms with Crippen molar-refractivity contribution in [2.75, 3.05) is 25.1 Å². The number of fused-ring (bicyclic) bond motifs is 1. The first-order valence-corrected chi connectivity index (χ1v) is 7.78. The van der Waals surface area contributed by atoms with Crippen molar-refractivity contribution in [3.8, 4) is 5.75 Å². The predicted octanol–water partition coefficient (Wildman–Crippen LogP) is 1.91. The van der Waals surface area contributed by atoms with Crippen LogP contribution in [0.4, 0.5) is 5.82 Å². The molecule has 1 aromatic carbocycles. The van der Waals surface area contributed by atoms with Crippen molar-refractivity contribution in [3.63, 3.8) is 0 Å². The molecule has 0 N–H and O–H groups in total. The van der Waals surface area contributed by atoms with Crippen LogP contribution in [0, 0.1) is 0 Å².